The lowest BCUT2D eigenvalue weighted by Gasteiger charge is -2.32. The Bertz CT molecular complexity index is 655. The highest BCUT2D eigenvalue weighted by Crippen LogP contribution is 2.40. The molecule has 6 nitrogen and oxygen atoms in total. The maximum atomic E-state index is 13.0. The van der Waals surface area contributed by atoms with E-state index in [-0.39, 0.29) is 21.8 Å². The molecule has 0 spiro atoms. The average molecular weight is 315 g/mol. The van der Waals surface area contributed by atoms with Crippen molar-refractivity contribution in [3.05, 3.63) is 35.4 Å². The second-order valence-corrected chi connectivity index (χ2v) is 4.88. The van der Waals surface area contributed by atoms with Crippen molar-refractivity contribution < 1.29 is 27.9 Å². The van der Waals surface area contributed by atoms with Crippen molar-refractivity contribution >= 4 is 17.5 Å². The molecule has 0 saturated carbocycles. The fourth-order valence-corrected chi connectivity index (χ4v) is 2.05. The number of halogens is 3. The Balaban J connectivity index is 2.36. The molecule has 1 aliphatic heterocycles. The highest BCUT2D eigenvalue weighted by Gasteiger charge is 2.62. The number of benzene rings is 1. The lowest BCUT2D eigenvalue weighted by Crippen LogP contribution is -2.56. The van der Waals surface area contributed by atoms with E-state index in [1.54, 1.807) is 0 Å². The number of carbonyl (C=O) groups excluding carboxylic acids is 2. The summed E-state index contributed by atoms with van der Waals surface area (Å²) < 4.78 is 39.1. The molecule has 0 fully saturated rings. The van der Waals surface area contributed by atoms with Gasteiger partial charge in [-0.2, -0.15) is 23.3 Å². The molecule has 3 N–H and O–H groups in total. The van der Waals surface area contributed by atoms with Crippen LogP contribution in [0.1, 0.15) is 34.1 Å². The standard InChI is InChI=1S/C13H12F3N3O3/c1-7-6-12(22,13(14,15)16)19(18-7)11(21)9-4-2-8(3-5-9)10(17)20/h2-5,22H,6H2,1H3,(H2,17,20). The fourth-order valence-electron chi connectivity index (χ4n) is 2.05. The van der Waals surface area contributed by atoms with E-state index in [4.69, 9.17) is 5.73 Å². The summed E-state index contributed by atoms with van der Waals surface area (Å²) in [5, 5.41) is 13.3. The minimum absolute atomic E-state index is 0.0155. The summed E-state index contributed by atoms with van der Waals surface area (Å²) in [5.74, 6) is -1.87. The van der Waals surface area contributed by atoms with Gasteiger partial charge in [0.2, 0.25) is 5.91 Å². The number of hydrogen-bond acceptors (Lipinski definition) is 4. The number of carbonyl (C=O) groups is 2. The Kier molecular flexibility index (Phi) is 3.69. The molecular weight excluding hydrogens is 303 g/mol. The van der Waals surface area contributed by atoms with E-state index in [0.29, 0.717) is 0 Å². The van der Waals surface area contributed by atoms with E-state index in [0.717, 1.165) is 12.1 Å². The normalized spacial score (nSPS) is 21.7. The van der Waals surface area contributed by atoms with Crippen molar-refractivity contribution in [1.82, 2.24) is 5.01 Å². The van der Waals surface area contributed by atoms with Crippen LogP contribution in [0.5, 0.6) is 0 Å². The number of amides is 2. The topological polar surface area (TPSA) is 96.0 Å². The Labute approximate surface area is 123 Å². The minimum atomic E-state index is -5.06. The molecule has 0 bridgehead atoms. The maximum absolute atomic E-state index is 13.0. The number of nitrogens with zero attached hydrogens (tertiary/aromatic N) is 2. The van der Waals surface area contributed by atoms with E-state index in [1.165, 1.54) is 19.1 Å². The molecule has 0 saturated heterocycles. The van der Waals surface area contributed by atoms with Crippen molar-refractivity contribution in [1.29, 1.82) is 0 Å². The van der Waals surface area contributed by atoms with Gasteiger partial charge in [0.05, 0.1) is 0 Å². The maximum Gasteiger partial charge on any atom is 0.438 e. The number of nitrogens with two attached hydrogens (primary N) is 1. The largest absolute Gasteiger partial charge is 0.438 e. The summed E-state index contributed by atoms with van der Waals surface area (Å²) in [5.41, 5.74) is 1.57. The molecule has 118 valence electrons. The Morgan fingerprint density at radius 3 is 2.23 bits per heavy atom. The van der Waals surface area contributed by atoms with Crippen molar-refractivity contribution in [2.24, 2.45) is 10.8 Å². The van der Waals surface area contributed by atoms with E-state index in [2.05, 4.69) is 5.10 Å². The third-order valence-corrected chi connectivity index (χ3v) is 3.19. The molecule has 1 aliphatic rings. The average Bonchev–Trinajstić information content (AvgIpc) is 2.74. The molecule has 22 heavy (non-hydrogen) atoms. The van der Waals surface area contributed by atoms with Gasteiger partial charge in [0.25, 0.3) is 11.6 Å². The molecule has 1 unspecified atom stereocenters. The van der Waals surface area contributed by atoms with Gasteiger partial charge in [-0.05, 0) is 31.2 Å². The third-order valence-electron chi connectivity index (χ3n) is 3.19. The number of primary amides is 1. The molecule has 2 amide bonds. The van der Waals surface area contributed by atoms with Crippen LogP contribution in [0.25, 0.3) is 0 Å². The summed E-state index contributed by atoms with van der Waals surface area (Å²) in [7, 11) is 0. The molecule has 0 aromatic heterocycles. The smallest absolute Gasteiger partial charge is 0.366 e. The van der Waals surface area contributed by atoms with Gasteiger partial charge in [0, 0.05) is 23.3 Å². The van der Waals surface area contributed by atoms with Crippen LogP contribution in [0.3, 0.4) is 0 Å². The predicted molar refractivity (Wildman–Crippen MR) is 69.9 cm³/mol. The van der Waals surface area contributed by atoms with Crippen LogP contribution in [0.15, 0.2) is 29.4 Å². The molecule has 1 atom stereocenters. The van der Waals surface area contributed by atoms with Gasteiger partial charge in [-0.15, -0.1) is 0 Å². The zero-order valence-corrected chi connectivity index (χ0v) is 11.4. The first-order valence-electron chi connectivity index (χ1n) is 6.14. The molecule has 0 radical (unpaired) electrons. The first-order valence-corrected chi connectivity index (χ1v) is 6.14. The van der Waals surface area contributed by atoms with Gasteiger partial charge in [-0.3, -0.25) is 9.59 Å². The van der Waals surface area contributed by atoms with Gasteiger partial charge in [0.1, 0.15) is 0 Å². The van der Waals surface area contributed by atoms with Gasteiger partial charge in [0.15, 0.2) is 0 Å². The number of hydrazone groups is 1. The van der Waals surface area contributed by atoms with Gasteiger partial charge < -0.3 is 10.8 Å². The quantitative estimate of drug-likeness (QED) is 0.860. The zero-order valence-electron chi connectivity index (χ0n) is 11.4. The first kappa shape index (κ1) is 16.0. The van der Waals surface area contributed by atoms with Gasteiger partial charge in [-0.1, -0.05) is 0 Å². The molecule has 1 heterocycles. The molecule has 0 aliphatic carbocycles. The van der Waals surface area contributed by atoms with Crippen molar-refractivity contribution in [2.45, 2.75) is 25.2 Å². The summed E-state index contributed by atoms with van der Waals surface area (Å²) in [6.45, 7) is 1.28. The molecule has 2 rings (SSSR count). The Morgan fingerprint density at radius 1 is 1.27 bits per heavy atom. The first-order chi connectivity index (χ1) is 10.1. The zero-order chi connectivity index (χ0) is 16.7. The predicted octanol–water partition coefficient (Wildman–Crippen LogP) is 1.26. The van der Waals surface area contributed by atoms with Gasteiger partial charge in [-0.25, -0.2) is 0 Å². The van der Waals surface area contributed by atoms with Crippen LogP contribution in [0, 0.1) is 0 Å². The second kappa shape index (κ2) is 5.09. The molecule has 1 aromatic rings. The van der Waals surface area contributed by atoms with E-state index in [1.807, 2.05) is 0 Å². The second-order valence-electron chi connectivity index (χ2n) is 4.88. The van der Waals surface area contributed by atoms with Crippen molar-refractivity contribution in [3.63, 3.8) is 0 Å². The highest BCUT2D eigenvalue weighted by molar-refractivity contribution is 5.99. The van der Waals surface area contributed by atoms with Crippen LogP contribution in [-0.2, 0) is 0 Å². The minimum Gasteiger partial charge on any atom is -0.366 e. The van der Waals surface area contributed by atoms with Crippen molar-refractivity contribution in [3.8, 4) is 0 Å². The Morgan fingerprint density at radius 2 is 1.77 bits per heavy atom. The van der Waals surface area contributed by atoms with Crippen LogP contribution in [-0.4, -0.2) is 39.5 Å². The summed E-state index contributed by atoms with van der Waals surface area (Å²) >= 11 is 0. The van der Waals surface area contributed by atoms with E-state index in [9.17, 15) is 27.9 Å². The van der Waals surface area contributed by atoms with E-state index < -0.39 is 30.1 Å². The van der Waals surface area contributed by atoms with Crippen molar-refractivity contribution in [2.75, 3.05) is 0 Å². The third kappa shape index (κ3) is 2.54. The summed E-state index contributed by atoms with van der Waals surface area (Å²) in [4.78, 5) is 23.1. The number of alkyl halides is 3. The Hall–Kier alpha value is -2.42. The van der Waals surface area contributed by atoms with Crippen LogP contribution >= 0.6 is 0 Å². The monoisotopic (exact) mass is 315 g/mol. The lowest BCUT2D eigenvalue weighted by atomic mass is 10.1. The summed E-state index contributed by atoms with van der Waals surface area (Å²) in [6.07, 6.45) is -5.88. The molecule has 1 aromatic carbocycles. The van der Waals surface area contributed by atoms with Crippen LogP contribution in [0.2, 0.25) is 0 Å². The van der Waals surface area contributed by atoms with Crippen LogP contribution < -0.4 is 5.73 Å². The summed E-state index contributed by atoms with van der Waals surface area (Å²) in [6, 6.07) is 4.69. The molecular formula is C13H12F3N3O3. The number of aliphatic hydroxyl groups is 1. The van der Waals surface area contributed by atoms with Crippen LogP contribution in [0.4, 0.5) is 13.2 Å². The highest BCUT2D eigenvalue weighted by atomic mass is 19.4. The number of hydrogen-bond donors (Lipinski definition) is 2. The number of rotatable bonds is 2. The van der Waals surface area contributed by atoms with Gasteiger partial charge >= 0.3 is 6.18 Å². The molecule has 9 heteroatoms. The lowest BCUT2D eigenvalue weighted by molar-refractivity contribution is -0.297. The van der Waals surface area contributed by atoms with E-state index >= 15 is 0 Å². The fraction of sp³-hybridized carbons (Fsp3) is 0.308. The SMILES string of the molecule is CC1=NN(C(=O)c2ccc(C(N)=O)cc2)C(O)(C(F)(F)F)C1.